The Balaban J connectivity index is 2.19. The third kappa shape index (κ3) is 5.41. The van der Waals surface area contributed by atoms with Gasteiger partial charge in [-0.15, -0.1) is 0 Å². The molecule has 1 atom stereocenters. The third-order valence-electron chi connectivity index (χ3n) is 2.08. The number of sulfone groups is 1. The molecule has 0 aromatic rings. The average Bonchev–Trinajstić information content (AvgIpc) is 2.51. The smallest absolute Gasteiger partial charge is 0.156 e. The number of nitrogens with one attached hydrogen (secondary N) is 1. The molecule has 0 aromatic carbocycles. The maximum absolute atomic E-state index is 10.9. The molecular formula is C9H18N2O2S2. The second-order valence-corrected chi connectivity index (χ2v) is 7.28. The SMILES string of the molecule is CCCC1CN=C(NCCS(C)(=O)=O)S1. The van der Waals surface area contributed by atoms with Crippen molar-refractivity contribution in [1.29, 1.82) is 0 Å². The van der Waals surface area contributed by atoms with Gasteiger partial charge in [0.2, 0.25) is 0 Å². The van der Waals surface area contributed by atoms with Gasteiger partial charge in [-0.05, 0) is 6.42 Å². The largest absolute Gasteiger partial charge is 0.364 e. The van der Waals surface area contributed by atoms with E-state index in [4.69, 9.17) is 0 Å². The summed E-state index contributed by atoms with van der Waals surface area (Å²) >= 11 is 1.73. The van der Waals surface area contributed by atoms with E-state index in [-0.39, 0.29) is 5.75 Å². The Kier molecular flexibility index (Phi) is 4.92. The molecule has 0 spiro atoms. The molecular weight excluding hydrogens is 232 g/mol. The highest BCUT2D eigenvalue weighted by Crippen LogP contribution is 2.23. The van der Waals surface area contributed by atoms with E-state index in [9.17, 15) is 8.42 Å². The molecule has 6 heteroatoms. The summed E-state index contributed by atoms with van der Waals surface area (Å²) in [5.41, 5.74) is 0. The monoisotopic (exact) mass is 250 g/mol. The predicted molar refractivity (Wildman–Crippen MR) is 66.3 cm³/mol. The van der Waals surface area contributed by atoms with Gasteiger partial charge in [-0.3, -0.25) is 4.99 Å². The van der Waals surface area contributed by atoms with Crippen molar-refractivity contribution in [3.05, 3.63) is 0 Å². The maximum Gasteiger partial charge on any atom is 0.156 e. The summed E-state index contributed by atoms with van der Waals surface area (Å²) in [7, 11) is -2.87. The third-order valence-corrected chi connectivity index (χ3v) is 4.24. The molecule has 0 fully saturated rings. The summed E-state index contributed by atoms with van der Waals surface area (Å²) < 4.78 is 21.8. The predicted octanol–water partition coefficient (Wildman–Crippen LogP) is 0.892. The molecule has 0 aliphatic carbocycles. The summed E-state index contributed by atoms with van der Waals surface area (Å²) in [6.45, 7) is 3.48. The molecule has 1 N–H and O–H groups in total. The van der Waals surface area contributed by atoms with Gasteiger partial charge in [-0.2, -0.15) is 0 Å². The molecule has 1 rings (SSSR count). The van der Waals surface area contributed by atoms with Gasteiger partial charge in [-0.1, -0.05) is 25.1 Å². The Bertz CT molecular complexity index is 325. The Morgan fingerprint density at radius 3 is 2.93 bits per heavy atom. The Hall–Kier alpha value is -0.230. The number of amidine groups is 1. The summed E-state index contributed by atoms with van der Waals surface area (Å²) in [4.78, 5) is 4.33. The lowest BCUT2D eigenvalue weighted by Gasteiger charge is -2.07. The molecule has 0 saturated heterocycles. The second kappa shape index (κ2) is 5.75. The van der Waals surface area contributed by atoms with Crippen LogP contribution in [0.15, 0.2) is 4.99 Å². The summed E-state index contributed by atoms with van der Waals surface area (Å²) in [5, 5.41) is 4.54. The molecule has 0 amide bonds. The van der Waals surface area contributed by atoms with E-state index < -0.39 is 9.84 Å². The quantitative estimate of drug-likeness (QED) is 0.787. The fraction of sp³-hybridized carbons (Fsp3) is 0.889. The van der Waals surface area contributed by atoms with Crippen molar-refractivity contribution in [2.45, 2.75) is 25.0 Å². The number of hydrogen-bond acceptors (Lipinski definition) is 5. The van der Waals surface area contributed by atoms with E-state index in [1.807, 2.05) is 0 Å². The van der Waals surface area contributed by atoms with Gasteiger partial charge in [0.05, 0.1) is 12.3 Å². The van der Waals surface area contributed by atoms with Gasteiger partial charge < -0.3 is 5.32 Å². The zero-order chi connectivity index (χ0) is 11.3. The molecule has 15 heavy (non-hydrogen) atoms. The van der Waals surface area contributed by atoms with Crippen molar-refractivity contribution in [3.63, 3.8) is 0 Å². The van der Waals surface area contributed by atoms with Crippen LogP contribution in [0.4, 0.5) is 0 Å². The van der Waals surface area contributed by atoms with E-state index in [1.165, 1.54) is 19.1 Å². The van der Waals surface area contributed by atoms with Crippen LogP contribution in [0.25, 0.3) is 0 Å². The first kappa shape index (κ1) is 12.8. The van der Waals surface area contributed by atoms with Crippen LogP contribution in [0.2, 0.25) is 0 Å². The molecule has 1 heterocycles. The molecule has 0 radical (unpaired) electrons. The maximum atomic E-state index is 10.9. The van der Waals surface area contributed by atoms with Crippen LogP contribution in [0.3, 0.4) is 0 Å². The standard InChI is InChI=1S/C9H18N2O2S2/c1-3-4-8-7-11-9(14-8)10-5-6-15(2,12)13/h8H,3-7H2,1-2H3,(H,10,11). The number of rotatable bonds is 5. The van der Waals surface area contributed by atoms with Crippen LogP contribution in [0.1, 0.15) is 19.8 Å². The van der Waals surface area contributed by atoms with Crippen LogP contribution < -0.4 is 5.32 Å². The van der Waals surface area contributed by atoms with Crippen molar-refractivity contribution >= 4 is 26.8 Å². The lowest BCUT2D eigenvalue weighted by molar-refractivity contribution is 0.600. The molecule has 4 nitrogen and oxygen atoms in total. The molecule has 0 aromatic heterocycles. The number of nitrogens with zero attached hydrogens (tertiary/aromatic N) is 1. The first-order valence-electron chi connectivity index (χ1n) is 5.14. The average molecular weight is 250 g/mol. The molecule has 0 saturated carbocycles. The molecule has 88 valence electrons. The van der Waals surface area contributed by atoms with Gasteiger partial charge in [0.1, 0.15) is 9.84 Å². The van der Waals surface area contributed by atoms with Crippen molar-refractivity contribution in [2.24, 2.45) is 4.99 Å². The Morgan fingerprint density at radius 1 is 1.60 bits per heavy atom. The van der Waals surface area contributed by atoms with Crippen LogP contribution in [-0.4, -0.2) is 43.9 Å². The highest BCUT2D eigenvalue weighted by atomic mass is 32.2. The van der Waals surface area contributed by atoms with Crippen LogP contribution in [0, 0.1) is 0 Å². The lowest BCUT2D eigenvalue weighted by Crippen LogP contribution is -2.26. The van der Waals surface area contributed by atoms with E-state index in [2.05, 4.69) is 17.2 Å². The fourth-order valence-electron chi connectivity index (χ4n) is 1.33. The Morgan fingerprint density at radius 2 is 2.33 bits per heavy atom. The number of thioether (sulfide) groups is 1. The fourth-order valence-corrected chi connectivity index (χ4v) is 2.96. The van der Waals surface area contributed by atoms with Gasteiger partial charge >= 0.3 is 0 Å². The zero-order valence-electron chi connectivity index (χ0n) is 9.19. The minimum absolute atomic E-state index is 0.172. The van der Waals surface area contributed by atoms with Crippen molar-refractivity contribution < 1.29 is 8.42 Å². The summed E-state index contributed by atoms with van der Waals surface area (Å²) in [6, 6.07) is 0. The highest BCUT2D eigenvalue weighted by Gasteiger charge is 2.18. The number of aliphatic imine (C=N–C) groups is 1. The van der Waals surface area contributed by atoms with E-state index >= 15 is 0 Å². The Labute approximate surface area is 95.8 Å². The van der Waals surface area contributed by atoms with E-state index in [0.717, 1.165) is 11.7 Å². The van der Waals surface area contributed by atoms with Crippen LogP contribution in [0.5, 0.6) is 0 Å². The minimum Gasteiger partial charge on any atom is -0.364 e. The topological polar surface area (TPSA) is 58.5 Å². The summed E-state index contributed by atoms with van der Waals surface area (Å²) in [5.74, 6) is 0.172. The number of hydrogen-bond donors (Lipinski definition) is 1. The van der Waals surface area contributed by atoms with Gasteiger partial charge in [-0.25, -0.2) is 8.42 Å². The van der Waals surface area contributed by atoms with E-state index in [1.54, 1.807) is 11.8 Å². The van der Waals surface area contributed by atoms with Crippen LogP contribution >= 0.6 is 11.8 Å². The van der Waals surface area contributed by atoms with Gasteiger partial charge in [0.15, 0.2) is 5.17 Å². The highest BCUT2D eigenvalue weighted by molar-refractivity contribution is 8.14. The molecule has 1 aliphatic heterocycles. The molecule has 1 aliphatic rings. The lowest BCUT2D eigenvalue weighted by atomic mass is 10.2. The minimum atomic E-state index is -2.87. The van der Waals surface area contributed by atoms with Crippen molar-refractivity contribution in [2.75, 3.05) is 25.1 Å². The first-order chi connectivity index (χ1) is 7.01. The molecule has 0 bridgehead atoms. The molecule has 1 unspecified atom stereocenters. The van der Waals surface area contributed by atoms with Gasteiger partial charge in [0, 0.05) is 18.1 Å². The van der Waals surface area contributed by atoms with Crippen molar-refractivity contribution in [1.82, 2.24) is 5.32 Å². The van der Waals surface area contributed by atoms with E-state index in [0.29, 0.717) is 11.8 Å². The zero-order valence-corrected chi connectivity index (χ0v) is 10.8. The van der Waals surface area contributed by atoms with Gasteiger partial charge in [0.25, 0.3) is 0 Å². The van der Waals surface area contributed by atoms with Crippen molar-refractivity contribution in [3.8, 4) is 0 Å². The summed E-state index contributed by atoms with van der Waals surface area (Å²) in [6.07, 6.45) is 3.59. The van der Waals surface area contributed by atoms with Crippen LogP contribution in [-0.2, 0) is 9.84 Å². The first-order valence-corrected chi connectivity index (χ1v) is 8.08. The normalized spacial score (nSPS) is 21.5. The second-order valence-electron chi connectivity index (χ2n) is 3.73.